The molecule has 1 aliphatic heterocycles. The Balaban J connectivity index is 2.17. The molecule has 21 heavy (non-hydrogen) atoms. The van der Waals surface area contributed by atoms with Gasteiger partial charge in [0.25, 0.3) is 5.56 Å². The second-order valence-electron chi connectivity index (χ2n) is 4.49. The molecule has 0 unspecified atom stereocenters. The summed E-state index contributed by atoms with van der Waals surface area (Å²) in [5.41, 5.74) is 4.93. The molecule has 2 aromatic rings. The number of imidazole rings is 1. The number of aliphatic hydroxyl groups excluding tert-OH is 2. The summed E-state index contributed by atoms with van der Waals surface area (Å²) < 4.78 is 6.67. The summed E-state index contributed by atoms with van der Waals surface area (Å²) in [6.07, 6.45) is -2.09. The number of fused-ring (bicyclic) bond motifs is 1. The topological polar surface area (TPSA) is 156 Å². The molecule has 10 nitrogen and oxygen atoms in total. The number of nitrogens with one attached hydrogen (secondary N) is 1. The lowest BCUT2D eigenvalue weighted by molar-refractivity contribution is -0.0422. The zero-order chi connectivity index (χ0) is 15.1. The molecule has 5 N–H and O–H groups in total. The van der Waals surface area contributed by atoms with E-state index in [1.807, 2.05) is 0 Å². The average molecular weight is 293 g/mol. The van der Waals surface area contributed by atoms with Crippen molar-refractivity contribution in [3.05, 3.63) is 22.3 Å². The van der Waals surface area contributed by atoms with Crippen LogP contribution < -0.4 is 11.3 Å². The molecule has 3 atom stereocenters. The Morgan fingerprint density at radius 2 is 2.33 bits per heavy atom. The first-order chi connectivity index (χ1) is 10.1. The van der Waals surface area contributed by atoms with Crippen LogP contribution in [0.1, 0.15) is 6.23 Å². The number of aromatic amines is 1. The van der Waals surface area contributed by atoms with Gasteiger partial charge in [-0.2, -0.15) is 4.98 Å². The fraction of sp³-hybridized carbons (Fsp3) is 0.364. The van der Waals surface area contributed by atoms with E-state index in [1.165, 1.54) is 10.9 Å². The summed E-state index contributed by atoms with van der Waals surface area (Å²) in [6.45, 7) is -0.481. The molecule has 1 fully saturated rings. The van der Waals surface area contributed by atoms with Gasteiger partial charge in [-0.15, -0.1) is 0 Å². The number of anilines is 1. The minimum absolute atomic E-state index is 0.0139. The Hall–Kier alpha value is -2.52. The van der Waals surface area contributed by atoms with E-state index in [4.69, 9.17) is 15.6 Å². The van der Waals surface area contributed by atoms with Crippen molar-refractivity contribution in [3.63, 3.8) is 0 Å². The van der Waals surface area contributed by atoms with Crippen LogP contribution >= 0.6 is 0 Å². The van der Waals surface area contributed by atoms with Crippen molar-refractivity contribution >= 4 is 23.1 Å². The van der Waals surface area contributed by atoms with Crippen molar-refractivity contribution in [2.45, 2.75) is 18.4 Å². The first-order valence-electron chi connectivity index (χ1n) is 5.98. The predicted molar refractivity (Wildman–Crippen MR) is 68.8 cm³/mol. The van der Waals surface area contributed by atoms with Crippen molar-refractivity contribution in [2.75, 3.05) is 12.3 Å². The second-order valence-corrected chi connectivity index (χ2v) is 4.49. The van der Waals surface area contributed by atoms with Crippen LogP contribution in [0.25, 0.3) is 11.2 Å². The van der Waals surface area contributed by atoms with E-state index in [1.54, 1.807) is 5.94 Å². The number of ether oxygens (including phenoxy) is 1. The van der Waals surface area contributed by atoms with Crippen LogP contribution in [0.15, 0.2) is 16.7 Å². The number of carbonyl (C=O) groups excluding carboxylic acids is 1. The number of nitrogens with two attached hydrogens (primary N) is 1. The normalized spacial score (nSPS) is 25.4. The first kappa shape index (κ1) is 13.5. The van der Waals surface area contributed by atoms with Gasteiger partial charge in [-0.05, 0) is 0 Å². The molecule has 0 amide bonds. The molecule has 0 saturated carbocycles. The number of hydrogen-bond donors (Lipinski definition) is 4. The standard InChI is InChI=1S/C11H11N5O5/c12-11-14-8-6(9(20)15-11)13-3-16(8)10-4(1-17)7(19)5(2-18)21-10/h3,5,7,10,18-19H,2H2,(H3,12,14,15,20)/t5-,7+,10-/m1/s1. The van der Waals surface area contributed by atoms with Gasteiger partial charge >= 0.3 is 0 Å². The van der Waals surface area contributed by atoms with E-state index < -0.39 is 30.6 Å². The zero-order valence-corrected chi connectivity index (χ0v) is 10.6. The van der Waals surface area contributed by atoms with Gasteiger partial charge in [0.2, 0.25) is 5.95 Å². The van der Waals surface area contributed by atoms with Crippen molar-refractivity contribution < 1.29 is 19.7 Å². The third-order valence-electron chi connectivity index (χ3n) is 3.24. The highest BCUT2D eigenvalue weighted by molar-refractivity contribution is 5.71. The van der Waals surface area contributed by atoms with E-state index in [9.17, 15) is 14.7 Å². The number of nitrogen functional groups attached to an aromatic ring is 1. The van der Waals surface area contributed by atoms with Crippen molar-refractivity contribution in [3.8, 4) is 0 Å². The molecular weight excluding hydrogens is 282 g/mol. The smallest absolute Gasteiger partial charge is 0.280 e. The Kier molecular flexibility index (Phi) is 3.07. The molecule has 0 aromatic carbocycles. The van der Waals surface area contributed by atoms with Gasteiger partial charge in [0.05, 0.1) is 18.5 Å². The van der Waals surface area contributed by atoms with Crippen LogP contribution in [0.2, 0.25) is 0 Å². The molecule has 3 heterocycles. The van der Waals surface area contributed by atoms with Gasteiger partial charge in [-0.25, -0.2) is 9.78 Å². The maximum absolute atomic E-state index is 11.7. The van der Waals surface area contributed by atoms with Crippen LogP contribution in [0.4, 0.5) is 5.95 Å². The molecular formula is C11H11N5O5. The largest absolute Gasteiger partial charge is 0.394 e. The first-order valence-corrected chi connectivity index (χ1v) is 5.98. The molecule has 2 aromatic heterocycles. The van der Waals surface area contributed by atoms with Gasteiger partial charge in [-0.1, -0.05) is 0 Å². The maximum atomic E-state index is 11.7. The highest BCUT2D eigenvalue weighted by Crippen LogP contribution is 2.33. The quantitative estimate of drug-likeness (QED) is 0.451. The monoisotopic (exact) mass is 293 g/mol. The van der Waals surface area contributed by atoms with Gasteiger partial charge in [-0.3, -0.25) is 14.3 Å². The Bertz CT molecular complexity index is 805. The Labute approximate surface area is 116 Å². The molecule has 3 rings (SSSR count). The molecule has 1 saturated heterocycles. The molecule has 110 valence electrons. The number of hydrogen-bond acceptors (Lipinski definition) is 8. The maximum Gasteiger partial charge on any atom is 0.280 e. The summed E-state index contributed by atoms with van der Waals surface area (Å²) in [5, 5.41) is 19.0. The van der Waals surface area contributed by atoms with Crippen LogP contribution in [0, 0.1) is 0 Å². The molecule has 0 spiro atoms. The zero-order valence-electron chi connectivity index (χ0n) is 10.6. The third-order valence-corrected chi connectivity index (χ3v) is 3.24. The number of aliphatic hydroxyl groups is 2. The Morgan fingerprint density at radius 3 is 3.00 bits per heavy atom. The minimum atomic E-state index is -1.30. The van der Waals surface area contributed by atoms with Crippen LogP contribution in [-0.4, -0.2) is 54.5 Å². The molecule has 0 bridgehead atoms. The summed E-state index contributed by atoms with van der Waals surface area (Å²) in [5.74, 6) is 1.48. The van der Waals surface area contributed by atoms with Gasteiger partial charge < -0.3 is 20.7 Å². The molecule has 10 heteroatoms. The number of H-pyrrole nitrogens is 1. The third kappa shape index (κ3) is 1.94. The van der Waals surface area contributed by atoms with E-state index in [0.717, 1.165) is 0 Å². The van der Waals surface area contributed by atoms with Gasteiger partial charge in [0.1, 0.15) is 18.1 Å². The second kappa shape index (κ2) is 4.79. The van der Waals surface area contributed by atoms with Crippen LogP contribution in [-0.2, 0) is 9.53 Å². The number of nitrogens with zero attached hydrogens (tertiary/aromatic N) is 3. The van der Waals surface area contributed by atoms with Crippen LogP contribution in [0.3, 0.4) is 0 Å². The minimum Gasteiger partial charge on any atom is -0.394 e. The van der Waals surface area contributed by atoms with Crippen LogP contribution in [0.5, 0.6) is 0 Å². The highest BCUT2D eigenvalue weighted by Gasteiger charge is 2.41. The van der Waals surface area contributed by atoms with Gasteiger partial charge in [0.15, 0.2) is 17.4 Å². The Morgan fingerprint density at radius 1 is 1.57 bits per heavy atom. The van der Waals surface area contributed by atoms with Crippen molar-refractivity contribution in [1.82, 2.24) is 19.5 Å². The van der Waals surface area contributed by atoms with Crippen molar-refractivity contribution in [1.29, 1.82) is 0 Å². The van der Waals surface area contributed by atoms with Gasteiger partial charge in [0, 0.05) is 0 Å². The van der Waals surface area contributed by atoms with E-state index in [-0.39, 0.29) is 22.7 Å². The fourth-order valence-corrected chi connectivity index (χ4v) is 2.24. The molecule has 1 aliphatic rings. The lowest BCUT2D eigenvalue weighted by atomic mass is 10.1. The highest BCUT2D eigenvalue weighted by atomic mass is 16.5. The van der Waals surface area contributed by atoms with E-state index >= 15 is 0 Å². The fourth-order valence-electron chi connectivity index (χ4n) is 2.24. The summed E-state index contributed by atoms with van der Waals surface area (Å²) in [4.78, 5) is 32.8. The number of aromatic nitrogens is 4. The predicted octanol–water partition coefficient (Wildman–Crippen LogP) is -2.29. The number of rotatable bonds is 2. The summed E-state index contributed by atoms with van der Waals surface area (Å²) in [6, 6.07) is 0. The summed E-state index contributed by atoms with van der Waals surface area (Å²) in [7, 11) is 0. The lowest BCUT2D eigenvalue weighted by Gasteiger charge is -2.13. The van der Waals surface area contributed by atoms with E-state index in [0.29, 0.717) is 0 Å². The SMILES string of the molecule is Nc1nc2c(ncn2[C@@H]2O[C@H](CO)[C@@H](O)C2=C=O)c(=O)[nH]1. The molecule has 0 radical (unpaired) electrons. The van der Waals surface area contributed by atoms with E-state index in [2.05, 4.69) is 15.0 Å². The summed E-state index contributed by atoms with van der Waals surface area (Å²) >= 11 is 0. The molecule has 0 aliphatic carbocycles. The average Bonchev–Trinajstić information content (AvgIpc) is 2.99. The lowest BCUT2D eigenvalue weighted by Crippen LogP contribution is -2.25. The van der Waals surface area contributed by atoms with Crippen molar-refractivity contribution in [2.24, 2.45) is 0 Å².